The van der Waals surface area contributed by atoms with Crippen molar-refractivity contribution in [2.75, 3.05) is 0 Å². The van der Waals surface area contributed by atoms with Crippen LogP contribution in [0.3, 0.4) is 0 Å². The molecule has 28 heavy (non-hydrogen) atoms. The number of fused-ring (bicyclic) bond motifs is 1. The van der Waals surface area contributed by atoms with Crippen molar-refractivity contribution in [3.8, 4) is 0 Å². The second-order valence-electron chi connectivity index (χ2n) is 9.15. The second-order valence-corrected chi connectivity index (χ2v) is 9.15. The Morgan fingerprint density at radius 2 is 2.00 bits per heavy atom. The van der Waals surface area contributed by atoms with Gasteiger partial charge in [0.05, 0.1) is 11.0 Å². The zero-order valence-corrected chi connectivity index (χ0v) is 18.2. The summed E-state index contributed by atoms with van der Waals surface area (Å²) in [5.41, 5.74) is -0.641. The number of aliphatic hydroxyl groups excluding tert-OH is 1. The summed E-state index contributed by atoms with van der Waals surface area (Å²) in [4.78, 5) is 26.0. The SMILES string of the molecule is CC[C@H](C)C(=O)C1=C2O[C@H]([C@](C)(O)CCC=C(C)C)CC2=C(O)C(C)(C)C1=O. The van der Waals surface area contributed by atoms with E-state index >= 15 is 0 Å². The Balaban J connectivity index is 2.46. The Morgan fingerprint density at radius 3 is 2.54 bits per heavy atom. The van der Waals surface area contributed by atoms with Gasteiger partial charge in [0.2, 0.25) is 0 Å². The van der Waals surface area contributed by atoms with E-state index in [9.17, 15) is 19.8 Å². The largest absolute Gasteiger partial charge is 0.511 e. The maximum absolute atomic E-state index is 13.0. The summed E-state index contributed by atoms with van der Waals surface area (Å²) in [6, 6.07) is 0. The van der Waals surface area contributed by atoms with Gasteiger partial charge in [-0.3, -0.25) is 9.59 Å². The molecule has 0 bridgehead atoms. The third-order valence-electron chi connectivity index (χ3n) is 6.03. The normalized spacial score (nSPS) is 24.4. The Kier molecular flexibility index (Phi) is 6.29. The van der Waals surface area contributed by atoms with E-state index in [-0.39, 0.29) is 35.2 Å². The molecular weight excluding hydrogens is 356 g/mol. The van der Waals surface area contributed by atoms with Crippen molar-refractivity contribution in [1.29, 1.82) is 0 Å². The molecule has 1 fully saturated rings. The van der Waals surface area contributed by atoms with Crippen LogP contribution < -0.4 is 0 Å². The number of ketones is 2. The average molecular weight is 391 g/mol. The molecule has 2 N–H and O–H groups in total. The summed E-state index contributed by atoms with van der Waals surface area (Å²) in [5.74, 6) is -0.885. The lowest BCUT2D eigenvalue weighted by molar-refractivity contribution is -0.128. The highest BCUT2D eigenvalue weighted by Crippen LogP contribution is 2.48. The number of rotatable bonds is 7. The van der Waals surface area contributed by atoms with Gasteiger partial charge in [0.15, 0.2) is 11.6 Å². The van der Waals surface area contributed by atoms with E-state index in [0.29, 0.717) is 24.8 Å². The molecular formula is C23H34O5. The number of ether oxygens (including phenoxy) is 1. The molecule has 5 heteroatoms. The van der Waals surface area contributed by atoms with E-state index < -0.39 is 22.9 Å². The van der Waals surface area contributed by atoms with Gasteiger partial charge in [-0.15, -0.1) is 0 Å². The first-order chi connectivity index (χ1) is 12.8. The van der Waals surface area contributed by atoms with Crippen molar-refractivity contribution in [1.82, 2.24) is 0 Å². The zero-order valence-electron chi connectivity index (χ0n) is 18.2. The number of carbonyl (C=O) groups excluding carboxylic acids is 2. The molecule has 0 aromatic rings. The molecule has 2 aliphatic rings. The Hall–Kier alpha value is -1.88. The molecule has 5 nitrogen and oxygen atoms in total. The van der Waals surface area contributed by atoms with Crippen LogP contribution in [0.5, 0.6) is 0 Å². The number of Topliss-reactive ketones (excluding diaryl/α,β-unsaturated/α-hetero) is 2. The molecule has 0 unspecified atom stereocenters. The predicted molar refractivity (Wildman–Crippen MR) is 109 cm³/mol. The molecule has 0 aromatic carbocycles. The van der Waals surface area contributed by atoms with Crippen LogP contribution in [0.15, 0.2) is 34.3 Å². The summed E-state index contributed by atoms with van der Waals surface area (Å²) in [5, 5.41) is 21.7. The van der Waals surface area contributed by atoms with Crippen molar-refractivity contribution in [2.45, 2.75) is 85.9 Å². The Labute approximate surface area is 168 Å². The van der Waals surface area contributed by atoms with Crippen LogP contribution in [0.2, 0.25) is 0 Å². The van der Waals surface area contributed by atoms with Crippen LogP contribution in [-0.2, 0) is 14.3 Å². The van der Waals surface area contributed by atoms with Gasteiger partial charge >= 0.3 is 0 Å². The molecule has 1 aliphatic heterocycles. The lowest BCUT2D eigenvalue weighted by Gasteiger charge is -2.30. The van der Waals surface area contributed by atoms with Crippen LogP contribution in [0.4, 0.5) is 0 Å². The van der Waals surface area contributed by atoms with E-state index in [0.717, 1.165) is 0 Å². The number of carbonyl (C=O) groups is 2. The molecule has 0 amide bonds. The average Bonchev–Trinajstić information content (AvgIpc) is 3.04. The topological polar surface area (TPSA) is 83.8 Å². The molecule has 3 atom stereocenters. The third kappa shape index (κ3) is 3.95. The van der Waals surface area contributed by atoms with Crippen molar-refractivity contribution < 1.29 is 24.5 Å². The van der Waals surface area contributed by atoms with Gasteiger partial charge in [-0.05, 0) is 53.9 Å². The van der Waals surface area contributed by atoms with Crippen molar-refractivity contribution in [2.24, 2.45) is 11.3 Å². The predicted octanol–water partition coefficient (Wildman–Crippen LogP) is 4.56. The maximum atomic E-state index is 13.0. The van der Waals surface area contributed by atoms with Crippen LogP contribution in [0.25, 0.3) is 0 Å². The number of hydrogen-bond donors (Lipinski definition) is 2. The van der Waals surface area contributed by atoms with Gasteiger partial charge in [-0.25, -0.2) is 0 Å². The van der Waals surface area contributed by atoms with Crippen LogP contribution >= 0.6 is 0 Å². The van der Waals surface area contributed by atoms with Crippen molar-refractivity contribution >= 4 is 11.6 Å². The smallest absolute Gasteiger partial charge is 0.183 e. The van der Waals surface area contributed by atoms with Crippen LogP contribution in [-0.4, -0.2) is 33.5 Å². The molecule has 156 valence electrons. The standard InChI is InChI=1S/C23H34O5/c1-8-14(4)18(24)17-19-15(20(25)22(5,6)21(17)26)12-16(28-19)23(7,27)11-9-10-13(2)3/h10,14,16,25,27H,8-9,11-12H2,1-7H3/t14-,16-,23+/m0/s1. The minimum Gasteiger partial charge on any atom is -0.511 e. The first kappa shape index (κ1) is 22.4. The lowest BCUT2D eigenvalue weighted by Crippen LogP contribution is -2.38. The molecule has 2 rings (SSSR count). The highest BCUT2D eigenvalue weighted by atomic mass is 16.5. The van der Waals surface area contributed by atoms with Crippen molar-refractivity contribution in [3.63, 3.8) is 0 Å². The third-order valence-corrected chi connectivity index (χ3v) is 6.03. The molecule has 1 saturated heterocycles. The van der Waals surface area contributed by atoms with E-state index in [4.69, 9.17) is 4.74 Å². The Morgan fingerprint density at radius 1 is 1.39 bits per heavy atom. The highest BCUT2D eigenvalue weighted by molar-refractivity contribution is 6.24. The summed E-state index contributed by atoms with van der Waals surface area (Å²) < 4.78 is 6.00. The van der Waals surface area contributed by atoms with E-state index in [2.05, 4.69) is 6.08 Å². The number of allylic oxidation sites excluding steroid dienone is 5. The fourth-order valence-electron chi connectivity index (χ4n) is 3.66. The van der Waals surface area contributed by atoms with Gasteiger partial charge in [0.25, 0.3) is 0 Å². The van der Waals surface area contributed by atoms with Crippen LogP contribution in [0, 0.1) is 11.3 Å². The second kappa shape index (κ2) is 7.86. The summed E-state index contributed by atoms with van der Waals surface area (Å²) in [6.45, 7) is 12.6. The fourth-order valence-corrected chi connectivity index (χ4v) is 3.66. The molecule has 1 heterocycles. The molecule has 0 aromatic heterocycles. The highest BCUT2D eigenvalue weighted by Gasteiger charge is 2.51. The van der Waals surface area contributed by atoms with Crippen LogP contribution in [0.1, 0.15) is 74.1 Å². The van der Waals surface area contributed by atoms with E-state index in [1.165, 1.54) is 5.57 Å². The zero-order chi connectivity index (χ0) is 21.4. The van der Waals surface area contributed by atoms with Crippen molar-refractivity contribution in [3.05, 3.63) is 34.3 Å². The quantitative estimate of drug-likeness (QED) is 0.492. The fraction of sp³-hybridized carbons (Fsp3) is 0.652. The molecule has 0 radical (unpaired) electrons. The minimum absolute atomic E-state index is 0.0368. The lowest BCUT2D eigenvalue weighted by atomic mass is 9.72. The summed E-state index contributed by atoms with van der Waals surface area (Å²) in [6.07, 6.45) is 3.50. The van der Waals surface area contributed by atoms with Gasteiger partial charge in [-0.1, -0.05) is 25.5 Å². The summed E-state index contributed by atoms with van der Waals surface area (Å²) >= 11 is 0. The monoisotopic (exact) mass is 390 g/mol. The molecule has 1 aliphatic carbocycles. The van der Waals surface area contributed by atoms with E-state index in [1.807, 2.05) is 20.8 Å². The number of hydrogen-bond acceptors (Lipinski definition) is 5. The number of aliphatic hydroxyl groups is 2. The van der Waals surface area contributed by atoms with Gasteiger partial charge in [0.1, 0.15) is 23.2 Å². The van der Waals surface area contributed by atoms with Gasteiger partial charge in [-0.2, -0.15) is 0 Å². The summed E-state index contributed by atoms with van der Waals surface area (Å²) in [7, 11) is 0. The first-order valence-corrected chi connectivity index (χ1v) is 10.1. The molecule has 0 spiro atoms. The maximum Gasteiger partial charge on any atom is 0.183 e. The van der Waals surface area contributed by atoms with Gasteiger partial charge in [0, 0.05) is 17.9 Å². The van der Waals surface area contributed by atoms with E-state index in [1.54, 1.807) is 27.7 Å². The Bertz CT molecular complexity index is 760. The minimum atomic E-state index is -1.18. The first-order valence-electron chi connectivity index (χ1n) is 10.1. The van der Waals surface area contributed by atoms with Gasteiger partial charge < -0.3 is 14.9 Å². The molecule has 0 saturated carbocycles.